The van der Waals surface area contributed by atoms with Crippen molar-refractivity contribution >= 4 is 30.1 Å². The van der Waals surface area contributed by atoms with Crippen LogP contribution in [-0.2, 0) is 7.11 Å². The highest BCUT2D eigenvalue weighted by molar-refractivity contribution is 7.98. The van der Waals surface area contributed by atoms with Gasteiger partial charge in [-0.25, -0.2) is 4.98 Å². The zero-order valence-electron chi connectivity index (χ0n) is 9.82. The first-order valence-electron chi connectivity index (χ1n) is 4.72. The van der Waals surface area contributed by atoms with E-state index in [-0.39, 0.29) is 0 Å². The van der Waals surface area contributed by atoms with Crippen molar-refractivity contribution in [3.63, 3.8) is 0 Å². The van der Waals surface area contributed by atoms with Crippen LogP contribution in [0.4, 0.5) is 17.3 Å². The van der Waals surface area contributed by atoms with Crippen molar-refractivity contribution in [2.75, 3.05) is 6.26 Å². The number of hydrogen-bond donors (Lipinski definition) is 0. The molecule has 0 bridgehead atoms. The van der Waals surface area contributed by atoms with Crippen LogP contribution in [0.5, 0.6) is 0 Å². The Kier molecular flexibility index (Phi) is 4.55. The summed E-state index contributed by atoms with van der Waals surface area (Å²) in [6.45, 7) is 1.96. The normalized spacial score (nSPS) is 11.3. The molecular formula is C8H10BF4N3OS. The average molecular weight is 283 g/mol. The van der Waals surface area contributed by atoms with Gasteiger partial charge in [-0.1, -0.05) is 0 Å². The lowest BCUT2D eigenvalue weighted by Gasteiger charge is -1.94. The molecule has 100 valence electrons. The van der Waals surface area contributed by atoms with Crippen LogP contribution in [0.1, 0.15) is 5.69 Å². The molecule has 0 unspecified atom stereocenters. The summed E-state index contributed by atoms with van der Waals surface area (Å²) in [6, 6.07) is 0. The van der Waals surface area contributed by atoms with E-state index in [1.54, 1.807) is 18.1 Å². The van der Waals surface area contributed by atoms with Gasteiger partial charge in [-0.05, 0) is 13.2 Å². The lowest BCUT2D eigenvalue weighted by atomic mass is 10.3. The molecule has 10 heteroatoms. The number of rotatable bonds is 1. The highest BCUT2D eigenvalue weighted by Gasteiger charge is 2.20. The fourth-order valence-corrected chi connectivity index (χ4v) is 1.93. The molecule has 0 aromatic carbocycles. The zero-order valence-corrected chi connectivity index (χ0v) is 10.6. The summed E-state index contributed by atoms with van der Waals surface area (Å²) >= 11 is 1.61. The maximum Gasteiger partial charge on any atom is 0.673 e. The van der Waals surface area contributed by atoms with Gasteiger partial charge in [-0.3, -0.25) is 0 Å². The molecule has 2 heterocycles. The molecule has 18 heavy (non-hydrogen) atoms. The third-order valence-corrected chi connectivity index (χ3v) is 2.58. The Hall–Kier alpha value is -1.32. The van der Waals surface area contributed by atoms with Gasteiger partial charge < -0.3 is 21.4 Å². The third-order valence-electron chi connectivity index (χ3n) is 1.89. The predicted molar refractivity (Wildman–Crippen MR) is 61.9 cm³/mol. The van der Waals surface area contributed by atoms with E-state index in [0.29, 0.717) is 0 Å². The molecule has 0 saturated heterocycles. The largest absolute Gasteiger partial charge is 0.673 e. The molecule has 0 radical (unpaired) electrons. The number of halogens is 4. The van der Waals surface area contributed by atoms with Crippen LogP contribution in [0.15, 0.2) is 15.5 Å². The van der Waals surface area contributed by atoms with Gasteiger partial charge in [0.05, 0.1) is 5.16 Å². The third kappa shape index (κ3) is 3.86. The SMILES string of the molecule is CSc1ncnc2c1c(C)n[o+]2C.F[B-](F)(F)F. The zero-order chi connectivity index (χ0) is 13.9. The lowest BCUT2D eigenvalue weighted by molar-refractivity contribution is 0.114. The van der Waals surface area contributed by atoms with E-state index in [1.165, 1.54) is 0 Å². The number of hydrogen-bond acceptors (Lipinski definition) is 4. The Morgan fingerprint density at radius 1 is 1.22 bits per heavy atom. The first kappa shape index (κ1) is 14.7. The summed E-state index contributed by atoms with van der Waals surface area (Å²) in [5.41, 5.74) is 1.77. The van der Waals surface area contributed by atoms with Crippen LogP contribution in [0.3, 0.4) is 0 Å². The first-order chi connectivity index (χ1) is 8.24. The van der Waals surface area contributed by atoms with E-state index in [9.17, 15) is 17.3 Å². The molecule has 2 aromatic heterocycles. The second kappa shape index (κ2) is 5.55. The van der Waals surface area contributed by atoms with E-state index >= 15 is 0 Å². The Bertz CT molecular complexity index is 539. The van der Waals surface area contributed by atoms with Crippen LogP contribution < -0.4 is 0 Å². The van der Waals surface area contributed by atoms with Gasteiger partial charge in [0.15, 0.2) is 5.39 Å². The molecular weight excluding hydrogens is 273 g/mol. The lowest BCUT2D eigenvalue weighted by Crippen LogP contribution is -2.02. The average Bonchev–Trinajstić information content (AvgIpc) is 2.52. The van der Waals surface area contributed by atoms with Gasteiger partial charge >= 0.3 is 13.0 Å². The number of aryl methyl sites for hydroxylation is 2. The number of fused-ring (bicyclic) bond motifs is 1. The maximum absolute atomic E-state index is 9.75. The minimum absolute atomic E-state index is 0.817. The summed E-state index contributed by atoms with van der Waals surface area (Å²) in [4.78, 5) is 8.33. The summed E-state index contributed by atoms with van der Waals surface area (Å²) in [5.74, 6) is 0. The highest BCUT2D eigenvalue weighted by atomic mass is 32.2. The van der Waals surface area contributed by atoms with Gasteiger partial charge in [-0.15, -0.1) is 11.8 Å². The van der Waals surface area contributed by atoms with E-state index in [0.717, 1.165) is 21.8 Å². The smallest absolute Gasteiger partial charge is 0.418 e. The molecule has 0 spiro atoms. The topological polar surface area (TPSA) is 41.4 Å². The van der Waals surface area contributed by atoms with Gasteiger partial charge in [0, 0.05) is 0 Å². The molecule has 0 aliphatic carbocycles. The Labute approximate surface area is 105 Å². The Morgan fingerprint density at radius 3 is 2.28 bits per heavy atom. The second-order valence-electron chi connectivity index (χ2n) is 3.21. The van der Waals surface area contributed by atoms with Crippen molar-refractivity contribution in [3.05, 3.63) is 12.0 Å². The van der Waals surface area contributed by atoms with Gasteiger partial charge in [0.2, 0.25) is 7.11 Å². The standard InChI is InChI=1S/C8H10N3OS.BF4/c1-5-6-7(12(2)11-5)9-4-10-8(6)13-3;2-1(3,4)5/h4H,1-3H3;/q+1;-1. The van der Waals surface area contributed by atoms with Crippen molar-refractivity contribution in [1.29, 1.82) is 0 Å². The van der Waals surface area contributed by atoms with Crippen LogP contribution in [0.2, 0.25) is 0 Å². The monoisotopic (exact) mass is 283 g/mol. The molecule has 0 N–H and O–H groups in total. The first-order valence-corrected chi connectivity index (χ1v) is 5.94. The summed E-state index contributed by atoms with van der Waals surface area (Å²) in [5, 5.41) is 6.22. The quantitative estimate of drug-likeness (QED) is 0.265. The van der Waals surface area contributed by atoms with Crippen LogP contribution >= 0.6 is 11.8 Å². The molecule has 2 aromatic rings. The number of thioether (sulfide) groups is 1. The molecule has 0 atom stereocenters. The minimum atomic E-state index is -6.00. The Balaban J connectivity index is 0.000000280. The van der Waals surface area contributed by atoms with Crippen molar-refractivity contribution < 1.29 is 21.4 Å². The van der Waals surface area contributed by atoms with Crippen LogP contribution in [-0.4, -0.2) is 28.6 Å². The van der Waals surface area contributed by atoms with Crippen LogP contribution in [0, 0.1) is 6.92 Å². The number of nitrogens with zero attached hydrogens (tertiary/aromatic N) is 3. The van der Waals surface area contributed by atoms with Gasteiger partial charge in [-0.2, -0.15) is 4.98 Å². The van der Waals surface area contributed by atoms with E-state index in [1.807, 2.05) is 20.3 Å². The van der Waals surface area contributed by atoms with Gasteiger partial charge in [0.25, 0.3) is 0 Å². The van der Waals surface area contributed by atoms with Crippen molar-refractivity contribution in [1.82, 2.24) is 15.1 Å². The molecule has 0 saturated carbocycles. The molecule has 0 fully saturated rings. The van der Waals surface area contributed by atoms with E-state index < -0.39 is 7.25 Å². The minimum Gasteiger partial charge on any atom is -0.418 e. The predicted octanol–water partition coefficient (Wildman–Crippen LogP) is 3.17. The number of aromatic nitrogens is 3. The Morgan fingerprint density at radius 2 is 1.78 bits per heavy atom. The summed E-state index contributed by atoms with van der Waals surface area (Å²) in [7, 11) is -4.19. The van der Waals surface area contributed by atoms with E-state index in [2.05, 4.69) is 19.3 Å². The van der Waals surface area contributed by atoms with Crippen molar-refractivity contribution in [2.45, 2.75) is 11.9 Å². The fraction of sp³-hybridized carbons (Fsp3) is 0.375. The van der Waals surface area contributed by atoms with Gasteiger partial charge in [0.1, 0.15) is 17.0 Å². The molecule has 0 aliphatic rings. The highest BCUT2D eigenvalue weighted by Crippen LogP contribution is 2.26. The van der Waals surface area contributed by atoms with E-state index in [4.69, 9.17) is 0 Å². The van der Waals surface area contributed by atoms with Crippen LogP contribution in [0.25, 0.3) is 11.1 Å². The summed E-state index contributed by atoms with van der Waals surface area (Å²) in [6.07, 6.45) is 3.56. The fourth-order valence-electron chi connectivity index (χ4n) is 1.34. The second-order valence-corrected chi connectivity index (χ2v) is 4.01. The van der Waals surface area contributed by atoms with Crippen molar-refractivity contribution in [3.8, 4) is 0 Å². The summed E-state index contributed by atoms with van der Waals surface area (Å²) < 4.78 is 41.6. The molecule has 4 nitrogen and oxygen atoms in total. The van der Waals surface area contributed by atoms with Crippen molar-refractivity contribution in [2.24, 2.45) is 7.11 Å². The molecule has 0 amide bonds. The maximum atomic E-state index is 9.75. The molecule has 0 aliphatic heterocycles. The molecule has 2 rings (SSSR count).